The molecule has 0 saturated heterocycles. The predicted octanol–water partition coefficient (Wildman–Crippen LogP) is 3.40. The Balaban J connectivity index is 1.97. The Morgan fingerprint density at radius 3 is 2.68 bits per heavy atom. The summed E-state index contributed by atoms with van der Waals surface area (Å²) in [4.78, 5) is 14.7. The standard InChI is InChI=1S/C16H17FN2O2S/c1-11(18-21)15-9-13(10-22-15)16(20)19(2)8-7-12-3-5-14(17)6-4-12/h3-6,9-10,21H,7-8H2,1-2H3. The lowest BCUT2D eigenvalue weighted by atomic mass is 10.1. The van der Waals surface area contributed by atoms with Gasteiger partial charge in [-0.25, -0.2) is 4.39 Å². The normalized spacial score (nSPS) is 11.5. The van der Waals surface area contributed by atoms with E-state index >= 15 is 0 Å². The van der Waals surface area contributed by atoms with Crippen molar-refractivity contribution in [2.24, 2.45) is 5.16 Å². The molecule has 0 aliphatic carbocycles. The van der Waals surface area contributed by atoms with Crippen LogP contribution < -0.4 is 0 Å². The molecule has 1 amide bonds. The summed E-state index contributed by atoms with van der Waals surface area (Å²) < 4.78 is 12.8. The van der Waals surface area contributed by atoms with E-state index in [1.807, 2.05) is 0 Å². The largest absolute Gasteiger partial charge is 0.411 e. The van der Waals surface area contributed by atoms with Gasteiger partial charge in [-0.05, 0) is 37.1 Å². The average molecular weight is 320 g/mol. The van der Waals surface area contributed by atoms with Crippen LogP contribution in [0, 0.1) is 5.82 Å². The molecule has 22 heavy (non-hydrogen) atoms. The first-order valence-electron chi connectivity index (χ1n) is 6.78. The maximum absolute atomic E-state index is 12.8. The number of benzene rings is 1. The molecule has 2 rings (SSSR count). The molecule has 1 aromatic carbocycles. The van der Waals surface area contributed by atoms with E-state index in [0.717, 1.165) is 10.4 Å². The monoisotopic (exact) mass is 320 g/mol. The van der Waals surface area contributed by atoms with Gasteiger partial charge < -0.3 is 10.1 Å². The molecule has 1 aromatic heterocycles. The summed E-state index contributed by atoms with van der Waals surface area (Å²) in [7, 11) is 1.73. The van der Waals surface area contributed by atoms with E-state index in [4.69, 9.17) is 5.21 Å². The zero-order chi connectivity index (χ0) is 16.1. The van der Waals surface area contributed by atoms with Crippen molar-refractivity contribution in [1.29, 1.82) is 0 Å². The Morgan fingerprint density at radius 2 is 2.05 bits per heavy atom. The summed E-state index contributed by atoms with van der Waals surface area (Å²) in [5.41, 5.74) is 2.04. The van der Waals surface area contributed by atoms with E-state index in [0.29, 0.717) is 24.2 Å². The second-order valence-electron chi connectivity index (χ2n) is 4.99. The quantitative estimate of drug-likeness (QED) is 0.521. The fraction of sp³-hybridized carbons (Fsp3) is 0.250. The van der Waals surface area contributed by atoms with Gasteiger partial charge in [0.15, 0.2) is 0 Å². The number of nitrogens with zero attached hydrogens (tertiary/aromatic N) is 2. The van der Waals surface area contributed by atoms with Crippen molar-refractivity contribution < 1.29 is 14.4 Å². The molecule has 0 aliphatic heterocycles. The van der Waals surface area contributed by atoms with Gasteiger partial charge in [0.1, 0.15) is 5.82 Å². The highest BCUT2D eigenvalue weighted by molar-refractivity contribution is 7.12. The van der Waals surface area contributed by atoms with Gasteiger partial charge in [0, 0.05) is 19.0 Å². The van der Waals surface area contributed by atoms with Gasteiger partial charge in [-0.15, -0.1) is 11.3 Å². The lowest BCUT2D eigenvalue weighted by Gasteiger charge is -2.16. The van der Waals surface area contributed by atoms with Crippen molar-refractivity contribution in [3.63, 3.8) is 0 Å². The van der Waals surface area contributed by atoms with E-state index < -0.39 is 0 Å². The number of rotatable bonds is 5. The minimum atomic E-state index is -0.264. The molecule has 1 N–H and O–H groups in total. The van der Waals surface area contributed by atoms with Crippen LogP contribution in [-0.4, -0.2) is 35.3 Å². The smallest absolute Gasteiger partial charge is 0.254 e. The van der Waals surface area contributed by atoms with Crippen molar-refractivity contribution in [1.82, 2.24) is 4.90 Å². The molecule has 0 saturated carbocycles. The molecule has 0 unspecified atom stereocenters. The van der Waals surface area contributed by atoms with Gasteiger partial charge in [-0.1, -0.05) is 17.3 Å². The molecule has 0 spiro atoms. The fourth-order valence-electron chi connectivity index (χ4n) is 1.96. The number of carbonyl (C=O) groups is 1. The van der Waals surface area contributed by atoms with E-state index in [1.54, 1.807) is 42.5 Å². The zero-order valence-electron chi connectivity index (χ0n) is 12.4. The van der Waals surface area contributed by atoms with Gasteiger partial charge >= 0.3 is 0 Å². The van der Waals surface area contributed by atoms with Gasteiger partial charge in [0.25, 0.3) is 5.91 Å². The highest BCUT2D eigenvalue weighted by Gasteiger charge is 2.14. The number of oxime groups is 1. The van der Waals surface area contributed by atoms with Gasteiger partial charge in [0.05, 0.1) is 16.2 Å². The minimum absolute atomic E-state index is 0.0876. The van der Waals surface area contributed by atoms with Crippen LogP contribution in [-0.2, 0) is 6.42 Å². The summed E-state index contributed by atoms with van der Waals surface area (Å²) >= 11 is 1.36. The lowest BCUT2D eigenvalue weighted by Crippen LogP contribution is -2.28. The molecule has 0 radical (unpaired) electrons. The third kappa shape index (κ3) is 3.92. The van der Waals surface area contributed by atoms with E-state index in [-0.39, 0.29) is 11.7 Å². The first-order chi connectivity index (χ1) is 10.5. The highest BCUT2D eigenvalue weighted by atomic mass is 32.1. The van der Waals surface area contributed by atoms with E-state index in [1.165, 1.54) is 23.5 Å². The molecule has 0 atom stereocenters. The van der Waals surface area contributed by atoms with Gasteiger partial charge in [-0.2, -0.15) is 0 Å². The van der Waals surface area contributed by atoms with E-state index in [2.05, 4.69) is 5.16 Å². The van der Waals surface area contributed by atoms with Crippen LogP contribution in [0.15, 0.2) is 40.9 Å². The average Bonchev–Trinajstić information content (AvgIpc) is 3.02. The van der Waals surface area contributed by atoms with Crippen LogP contribution in [0.5, 0.6) is 0 Å². The molecule has 2 aromatic rings. The second kappa shape index (κ2) is 7.17. The lowest BCUT2D eigenvalue weighted by molar-refractivity contribution is 0.0797. The van der Waals surface area contributed by atoms with Gasteiger partial charge in [0.2, 0.25) is 0 Å². The molecular weight excluding hydrogens is 303 g/mol. The molecule has 0 aliphatic rings. The van der Waals surface area contributed by atoms with Crippen LogP contribution in [0.2, 0.25) is 0 Å². The Hall–Kier alpha value is -2.21. The Morgan fingerprint density at radius 1 is 1.36 bits per heavy atom. The number of halogens is 1. The molecular formula is C16H17FN2O2S. The number of hydrogen-bond donors (Lipinski definition) is 1. The molecule has 0 bridgehead atoms. The van der Waals surface area contributed by atoms with Crippen molar-refractivity contribution in [3.8, 4) is 0 Å². The molecule has 4 nitrogen and oxygen atoms in total. The topological polar surface area (TPSA) is 52.9 Å². The van der Waals surface area contributed by atoms with Crippen molar-refractivity contribution in [3.05, 3.63) is 57.5 Å². The van der Waals surface area contributed by atoms with Crippen LogP contribution >= 0.6 is 11.3 Å². The van der Waals surface area contributed by atoms with E-state index in [9.17, 15) is 9.18 Å². The summed E-state index contributed by atoms with van der Waals surface area (Å²) in [5.74, 6) is -0.352. The Kier molecular flexibility index (Phi) is 5.27. The summed E-state index contributed by atoms with van der Waals surface area (Å²) in [6.45, 7) is 2.22. The first-order valence-corrected chi connectivity index (χ1v) is 7.66. The Bertz CT molecular complexity index is 680. The third-order valence-corrected chi connectivity index (χ3v) is 4.39. The fourth-order valence-corrected chi connectivity index (χ4v) is 2.79. The number of hydrogen-bond acceptors (Lipinski definition) is 4. The van der Waals surface area contributed by atoms with Crippen molar-refractivity contribution in [2.75, 3.05) is 13.6 Å². The van der Waals surface area contributed by atoms with Crippen LogP contribution in [0.25, 0.3) is 0 Å². The summed E-state index contributed by atoms with van der Waals surface area (Å²) in [6, 6.07) is 7.99. The van der Waals surface area contributed by atoms with Crippen molar-refractivity contribution >= 4 is 23.0 Å². The minimum Gasteiger partial charge on any atom is -0.411 e. The third-order valence-electron chi connectivity index (χ3n) is 3.35. The predicted molar refractivity (Wildman–Crippen MR) is 85.4 cm³/mol. The molecule has 0 fully saturated rings. The SMILES string of the molecule is CC(=NO)c1cc(C(=O)N(C)CCc2ccc(F)cc2)cs1. The number of amides is 1. The molecule has 6 heteroatoms. The zero-order valence-corrected chi connectivity index (χ0v) is 13.2. The van der Waals surface area contributed by atoms with Crippen LogP contribution in [0.4, 0.5) is 4.39 Å². The number of thiophene rings is 1. The number of carbonyl (C=O) groups excluding carboxylic acids is 1. The Labute approximate surface area is 132 Å². The highest BCUT2D eigenvalue weighted by Crippen LogP contribution is 2.17. The first kappa shape index (κ1) is 16.2. The maximum atomic E-state index is 12.8. The summed E-state index contributed by atoms with van der Waals surface area (Å²) in [5, 5.41) is 13.6. The van der Waals surface area contributed by atoms with Crippen molar-refractivity contribution in [2.45, 2.75) is 13.3 Å². The second-order valence-corrected chi connectivity index (χ2v) is 5.90. The molecule has 116 valence electrons. The van der Waals surface area contributed by atoms with Gasteiger partial charge in [-0.3, -0.25) is 4.79 Å². The number of likely N-dealkylation sites (N-methyl/N-ethyl adjacent to an activating group) is 1. The summed E-state index contributed by atoms with van der Waals surface area (Å²) in [6.07, 6.45) is 0.663. The van der Waals surface area contributed by atoms with Crippen LogP contribution in [0.3, 0.4) is 0 Å². The van der Waals surface area contributed by atoms with Crippen LogP contribution in [0.1, 0.15) is 27.7 Å². The molecule has 1 heterocycles. The maximum Gasteiger partial charge on any atom is 0.254 e.